The predicted octanol–water partition coefficient (Wildman–Crippen LogP) is 12.9. The lowest BCUT2D eigenvalue weighted by Gasteiger charge is -2.33. The molecule has 256 valence electrons. The van der Waals surface area contributed by atoms with Gasteiger partial charge in [0.05, 0.1) is 21.7 Å². The molecular weight excluding hydrogens is 592 g/mol. The second-order valence-corrected chi connectivity index (χ2v) is 16.6. The molecule has 9 rings (SSSR count). The minimum Gasteiger partial charge on any atom is -0.464 e. The Morgan fingerprint density at radius 2 is 0.375 bits per heavy atom. The fourth-order valence-electron chi connectivity index (χ4n) is 11.2. The minimum absolute atomic E-state index is 0.241. The number of fused-ring (bicyclic) bond motifs is 16. The Balaban J connectivity index is 1.30. The first-order valence-electron chi connectivity index (χ1n) is 20.1. The van der Waals surface area contributed by atoms with Gasteiger partial charge in [-0.25, -0.2) is 0 Å². The molecule has 0 radical (unpaired) electrons. The summed E-state index contributed by atoms with van der Waals surface area (Å²) in [5, 5.41) is 0. The maximum absolute atomic E-state index is 7.32. The molecule has 48 heavy (non-hydrogen) atoms. The molecule has 4 aliphatic carbocycles. The summed E-state index contributed by atoms with van der Waals surface area (Å²) in [5.74, 6) is 8.88. The van der Waals surface area contributed by atoms with E-state index in [9.17, 15) is 0 Å². The first kappa shape index (κ1) is 31.1. The van der Waals surface area contributed by atoms with Crippen LogP contribution in [0.4, 0.5) is 0 Å². The molecule has 0 aromatic carbocycles. The summed E-state index contributed by atoms with van der Waals surface area (Å²) in [7, 11) is 0. The van der Waals surface area contributed by atoms with Gasteiger partial charge in [-0.05, 0) is 99.9 Å². The van der Waals surface area contributed by atoms with Gasteiger partial charge in [0.2, 0.25) is 0 Å². The van der Waals surface area contributed by atoms with Crippen LogP contribution in [0, 0.1) is 0 Å². The molecule has 0 atom stereocenters. The molecule has 8 bridgehead atoms. The maximum Gasteiger partial charge on any atom is 0.117 e. The van der Waals surface area contributed by atoms with E-state index < -0.39 is 0 Å². The van der Waals surface area contributed by atoms with Crippen LogP contribution < -0.4 is 0 Å². The molecular formula is C44H56O4. The maximum atomic E-state index is 7.32. The molecule has 5 heterocycles. The molecule has 4 fully saturated rings. The smallest absolute Gasteiger partial charge is 0.117 e. The molecule has 4 aromatic rings. The highest BCUT2D eigenvalue weighted by Crippen LogP contribution is 2.54. The highest BCUT2D eigenvalue weighted by molar-refractivity contribution is 5.41. The lowest BCUT2D eigenvalue weighted by Crippen LogP contribution is -2.29. The van der Waals surface area contributed by atoms with Crippen LogP contribution in [0.25, 0.3) is 0 Å². The van der Waals surface area contributed by atoms with Crippen molar-refractivity contribution in [2.24, 2.45) is 0 Å². The lowest BCUT2D eigenvalue weighted by molar-refractivity contribution is 0.211. The van der Waals surface area contributed by atoms with Crippen molar-refractivity contribution in [3.8, 4) is 0 Å². The van der Waals surface area contributed by atoms with Crippen LogP contribution in [0.5, 0.6) is 0 Å². The zero-order valence-corrected chi connectivity index (χ0v) is 29.2. The Labute approximate surface area is 287 Å². The topological polar surface area (TPSA) is 52.6 Å². The van der Waals surface area contributed by atoms with Crippen LogP contribution in [-0.4, -0.2) is 0 Å². The quantitative estimate of drug-likeness (QED) is 0.190. The van der Waals surface area contributed by atoms with Crippen molar-refractivity contribution in [1.29, 1.82) is 0 Å². The van der Waals surface area contributed by atoms with Gasteiger partial charge in [0.25, 0.3) is 0 Å². The van der Waals surface area contributed by atoms with Gasteiger partial charge < -0.3 is 17.7 Å². The SMILES string of the molecule is c1cc2oc1C1(CCCCCC1)c1ccc(o1)C1(CCCCCC1)c1ccc(o1)C1(CCCCCC1)c1ccc(o1)C21CCCCCC1. The van der Waals surface area contributed by atoms with Crippen LogP contribution in [-0.2, 0) is 21.7 Å². The Morgan fingerprint density at radius 1 is 0.229 bits per heavy atom. The normalized spacial score (nSPS) is 25.0. The van der Waals surface area contributed by atoms with E-state index in [1.807, 2.05) is 0 Å². The van der Waals surface area contributed by atoms with E-state index in [-0.39, 0.29) is 21.7 Å². The van der Waals surface area contributed by atoms with Gasteiger partial charge in [-0.1, -0.05) is 103 Å². The molecule has 0 N–H and O–H groups in total. The molecule has 4 spiro atoms. The van der Waals surface area contributed by atoms with Crippen molar-refractivity contribution >= 4 is 0 Å². The lowest BCUT2D eigenvalue weighted by atomic mass is 9.75. The summed E-state index contributed by atoms with van der Waals surface area (Å²) in [6.07, 6.45) is 28.5. The summed E-state index contributed by atoms with van der Waals surface area (Å²) in [6.45, 7) is 0. The van der Waals surface area contributed by atoms with Gasteiger partial charge >= 0.3 is 0 Å². The van der Waals surface area contributed by atoms with Gasteiger partial charge in [0.15, 0.2) is 0 Å². The van der Waals surface area contributed by atoms with Crippen molar-refractivity contribution in [3.05, 3.63) is 94.6 Å². The van der Waals surface area contributed by atoms with Gasteiger partial charge in [0, 0.05) is 0 Å². The highest BCUT2D eigenvalue weighted by Gasteiger charge is 2.49. The third-order valence-electron chi connectivity index (χ3n) is 14.0. The van der Waals surface area contributed by atoms with Crippen LogP contribution in [0.3, 0.4) is 0 Å². The second-order valence-electron chi connectivity index (χ2n) is 16.6. The summed E-state index contributed by atoms with van der Waals surface area (Å²) in [4.78, 5) is 0. The van der Waals surface area contributed by atoms with Crippen molar-refractivity contribution < 1.29 is 17.7 Å². The Hall–Kier alpha value is -2.88. The van der Waals surface area contributed by atoms with E-state index in [0.29, 0.717) is 0 Å². The molecule has 4 heteroatoms. The third-order valence-corrected chi connectivity index (χ3v) is 14.0. The standard InChI is InChI=1S/C44H56O4/c1-2-10-26-41(25-9-1)33-17-19-35(45-33)42(27-11-3-4-12-28-42)37-21-23-39(47-37)44(31-15-7-8-16-32-44)40-24-22-38(48-40)43(29-13-5-6-14-30-43)36-20-18-34(41)46-36/h17-24H,1-16,25-32H2. The van der Waals surface area contributed by atoms with Crippen LogP contribution >= 0.6 is 0 Å². The number of furan rings is 4. The number of hydrogen-bond donors (Lipinski definition) is 0. The first-order valence-corrected chi connectivity index (χ1v) is 20.1. The van der Waals surface area contributed by atoms with E-state index in [4.69, 9.17) is 17.7 Å². The summed E-state index contributed by atoms with van der Waals surface area (Å²) >= 11 is 0. The predicted molar refractivity (Wildman–Crippen MR) is 189 cm³/mol. The zero-order chi connectivity index (χ0) is 32.1. The highest BCUT2D eigenvalue weighted by atomic mass is 16.4. The Morgan fingerprint density at radius 3 is 0.521 bits per heavy atom. The fourth-order valence-corrected chi connectivity index (χ4v) is 11.2. The zero-order valence-electron chi connectivity index (χ0n) is 29.2. The van der Waals surface area contributed by atoms with E-state index in [1.165, 1.54) is 103 Å². The first-order chi connectivity index (χ1) is 23.7. The second kappa shape index (κ2) is 12.5. The molecule has 4 saturated carbocycles. The minimum atomic E-state index is -0.241. The van der Waals surface area contributed by atoms with Gasteiger partial charge in [-0.15, -0.1) is 0 Å². The van der Waals surface area contributed by atoms with E-state index in [2.05, 4.69) is 48.5 Å². The largest absolute Gasteiger partial charge is 0.464 e. The van der Waals surface area contributed by atoms with Crippen molar-refractivity contribution in [2.45, 2.75) is 176 Å². The molecule has 5 aliphatic rings. The van der Waals surface area contributed by atoms with E-state index in [0.717, 1.165) is 97.4 Å². The average molecular weight is 649 g/mol. The third kappa shape index (κ3) is 4.89. The van der Waals surface area contributed by atoms with Gasteiger partial charge in [-0.3, -0.25) is 0 Å². The van der Waals surface area contributed by atoms with Gasteiger partial charge in [0.1, 0.15) is 46.1 Å². The van der Waals surface area contributed by atoms with Crippen molar-refractivity contribution in [1.82, 2.24) is 0 Å². The summed E-state index contributed by atoms with van der Waals surface area (Å²) in [5.41, 5.74) is -0.964. The monoisotopic (exact) mass is 648 g/mol. The molecule has 0 amide bonds. The van der Waals surface area contributed by atoms with Gasteiger partial charge in [-0.2, -0.15) is 0 Å². The van der Waals surface area contributed by atoms with E-state index >= 15 is 0 Å². The van der Waals surface area contributed by atoms with Crippen LogP contribution in [0.1, 0.15) is 200 Å². The van der Waals surface area contributed by atoms with Crippen molar-refractivity contribution in [2.75, 3.05) is 0 Å². The molecule has 0 saturated heterocycles. The molecule has 4 aromatic heterocycles. The summed E-state index contributed by atoms with van der Waals surface area (Å²) < 4.78 is 29.3. The number of rotatable bonds is 0. The molecule has 1 aliphatic heterocycles. The van der Waals surface area contributed by atoms with Crippen molar-refractivity contribution in [3.63, 3.8) is 0 Å². The van der Waals surface area contributed by atoms with E-state index in [1.54, 1.807) is 0 Å². The summed E-state index contributed by atoms with van der Waals surface area (Å²) in [6, 6.07) is 18.7. The Kier molecular flexibility index (Phi) is 8.08. The Bertz CT molecular complexity index is 1330. The molecule has 4 nitrogen and oxygen atoms in total. The average Bonchev–Trinajstić information content (AvgIpc) is 3.88. The molecule has 0 unspecified atom stereocenters. The van der Waals surface area contributed by atoms with Crippen LogP contribution in [0.15, 0.2) is 66.2 Å². The number of hydrogen-bond acceptors (Lipinski definition) is 4. The fraction of sp³-hybridized carbons (Fsp3) is 0.636. The van der Waals surface area contributed by atoms with Crippen LogP contribution in [0.2, 0.25) is 0 Å².